The lowest BCUT2D eigenvalue weighted by Gasteiger charge is -2.18. The van der Waals surface area contributed by atoms with Crippen molar-refractivity contribution in [3.63, 3.8) is 0 Å². The normalized spacial score (nSPS) is 12.6. The van der Waals surface area contributed by atoms with Gasteiger partial charge < -0.3 is 14.2 Å². The standard InChI is InChI=1S/C60H104O6/c1-4-7-10-13-16-19-22-25-27-28-29-30-31-32-33-36-38-41-44-47-50-53-59(62)65-56-57(55-64-58(61)52-49-46-43-40-37-34-24-21-18-15-12-9-6-3)66-60(63)54-51-48-45-42-39-35-26-23-20-17-14-11-8-5-2/h7,10,16,19,25,27,29-30,32-33,38,41,57H,4-6,8-9,11-15,17-18,20-24,26,28,31,34-37,39-40,42-56H2,1-3H3/b10-7-,19-16-,27-25-,30-29-,33-32-,41-38-. The summed E-state index contributed by atoms with van der Waals surface area (Å²) in [5.74, 6) is -0.921. The van der Waals surface area contributed by atoms with Crippen LogP contribution in [0.15, 0.2) is 72.9 Å². The molecule has 0 radical (unpaired) electrons. The van der Waals surface area contributed by atoms with Gasteiger partial charge in [0.05, 0.1) is 0 Å². The number of ether oxygens (including phenoxy) is 3. The molecular formula is C60H104O6. The Balaban J connectivity index is 4.42. The van der Waals surface area contributed by atoms with Crippen LogP contribution in [0.1, 0.15) is 271 Å². The van der Waals surface area contributed by atoms with Crippen LogP contribution >= 0.6 is 0 Å². The smallest absolute Gasteiger partial charge is 0.306 e. The number of carbonyl (C=O) groups excluding carboxylic acids is 3. The molecule has 66 heavy (non-hydrogen) atoms. The van der Waals surface area contributed by atoms with Crippen molar-refractivity contribution in [2.75, 3.05) is 13.2 Å². The van der Waals surface area contributed by atoms with Crippen LogP contribution in [0.5, 0.6) is 0 Å². The number of unbranched alkanes of at least 4 members (excludes halogenated alkanes) is 27. The van der Waals surface area contributed by atoms with Crippen LogP contribution in [0.25, 0.3) is 0 Å². The van der Waals surface area contributed by atoms with Crippen LogP contribution in [0.4, 0.5) is 0 Å². The van der Waals surface area contributed by atoms with E-state index in [0.29, 0.717) is 19.3 Å². The van der Waals surface area contributed by atoms with Gasteiger partial charge in [0.1, 0.15) is 13.2 Å². The van der Waals surface area contributed by atoms with Gasteiger partial charge in [0.25, 0.3) is 0 Å². The Labute approximate surface area is 408 Å². The van der Waals surface area contributed by atoms with Gasteiger partial charge in [-0.2, -0.15) is 0 Å². The summed E-state index contributed by atoms with van der Waals surface area (Å²) in [6, 6.07) is 0. The van der Waals surface area contributed by atoms with E-state index in [-0.39, 0.29) is 31.1 Å². The molecule has 0 aliphatic carbocycles. The first-order chi connectivity index (χ1) is 32.5. The van der Waals surface area contributed by atoms with Gasteiger partial charge in [-0.05, 0) is 70.6 Å². The van der Waals surface area contributed by atoms with Gasteiger partial charge in [-0.3, -0.25) is 14.4 Å². The van der Waals surface area contributed by atoms with E-state index in [1.54, 1.807) is 0 Å². The predicted molar refractivity (Wildman–Crippen MR) is 284 cm³/mol. The highest BCUT2D eigenvalue weighted by atomic mass is 16.6. The molecule has 0 heterocycles. The molecule has 0 bridgehead atoms. The van der Waals surface area contributed by atoms with E-state index in [1.807, 2.05) is 0 Å². The fraction of sp³-hybridized carbons (Fsp3) is 0.750. The van der Waals surface area contributed by atoms with Crippen LogP contribution in [-0.4, -0.2) is 37.2 Å². The maximum atomic E-state index is 12.8. The van der Waals surface area contributed by atoms with Gasteiger partial charge in [0, 0.05) is 19.3 Å². The summed E-state index contributed by atoms with van der Waals surface area (Å²) in [6.45, 7) is 6.51. The maximum absolute atomic E-state index is 12.8. The number of esters is 3. The Morgan fingerprint density at radius 2 is 0.591 bits per heavy atom. The molecule has 6 heteroatoms. The second kappa shape index (κ2) is 54.5. The van der Waals surface area contributed by atoms with E-state index in [4.69, 9.17) is 14.2 Å². The van der Waals surface area contributed by atoms with Crippen LogP contribution in [0.3, 0.4) is 0 Å². The molecule has 6 nitrogen and oxygen atoms in total. The summed E-state index contributed by atoms with van der Waals surface area (Å²) in [7, 11) is 0. The molecule has 0 aliphatic rings. The maximum Gasteiger partial charge on any atom is 0.306 e. The molecule has 0 aliphatic heterocycles. The first-order valence-electron chi connectivity index (χ1n) is 27.9. The third kappa shape index (κ3) is 51.8. The van der Waals surface area contributed by atoms with Crippen molar-refractivity contribution in [2.45, 2.75) is 277 Å². The molecule has 0 aromatic rings. The molecule has 0 aromatic carbocycles. The third-order valence-electron chi connectivity index (χ3n) is 12.0. The number of hydrogen-bond donors (Lipinski definition) is 0. The highest BCUT2D eigenvalue weighted by Gasteiger charge is 2.19. The van der Waals surface area contributed by atoms with Gasteiger partial charge in [-0.15, -0.1) is 0 Å². The molecule has 0 amide bonds. The van der Waals surface area contributed by atoms with Crippen LogP contribution < -0.4 is 0 Å². The van der Waals surface area contributed by atoms with Gasteiger partial charge in [-0.1, -0.05) is 254 Å². The zero-order valence-electron chi connectivity index (χ0n) is 43.4. The van der Waals surface area contributed by atoms with Crippen molar-refractivity contribution in [2.24, 2.45) is 0 Å². The summed E-state index contributed by atoms with van der Waals surface area (Å²) in [5, 5.41) is 0. The summed E-state index contributed by atoms with van der Waals surface area (Å²) < 4.78 is 16.8. The summed E-state index contributed by atoms with van der Waals surface area (Å²) in [5.41, 5.74) is 0. The van der Waals surface area contributed by atoms with Crippen molar-refractivity contribution in [3.8, 4) is 0 Å². The number of rotatable bonds is 50. The van der Waals surface area contributed by atoms with E-state index in [9.17, 15) is 14.4 Å². The second-order valence-corrected chi connectivity index (χ2v) is 18.5. The lowest BCUT2D eigenvalue weighted by molar-refractivity contribution is -0.167. The lowest BCUT2D eigenvalue weighted by atomic mass is 10.0. The molecule has 0 fully saturated rings. The Hall–Kier alpha value is -3.15. The number of carbonyl (C=O) groups is 3. The topological polar surface area (TPSA) is 78.9 Å². The van der Waals surface area contributed by atoms with E-state index in [2.05, 4.69) is 93.7 Å². The van der Waals surface area contributed by atoms with Crippen molar-refractivity contribution in [1.29, 1.82) is 0 Å². The molecule has 0 saturated heterocycles. The first kappa shape index (κ1) is 62.8. The molecule has 0 spiro atoms. The highest BCUT2D eigenvalue weighted by Crippen LogP contribution is 2.16. The van der Waals surface area contributed by atoms with E-state index >= 15 is 0 Å². The Morgan fingerprint density at radius 1 is 0.318 bits per heavy atom. The quantitative estimate of drug-likeness (QED) is 0.0262. The average molecular weight is 921 g/mol. The predicted octanol–water partition coefficient (Wildman–Crippen LogP) is 18.6. The van der Waals surface area contributed by atoms with Gasteiger partial charge in [0.2, 0.25) is 0 Å². The monoisotopic (exact) mass is 921 g/mol. The molecule has 1 unspecified atom stereocenters. The molecule has 1 atom stereocenters. The molecular weight excluding hydrogens is 817 g/mol. The number of hydrogen-bond acceptors (Lipinski definition) is 6. The Bertz CT molecular complexity index is 1240. The van der Waals surface area contributed by atoms with Gasteiger partial charge in [0.15, 0.2) is 6.10 Å². The zero-order valence-corrected chi connectivity index (χ0v) is 43.4. The average Bonchev–Trinajstić information content (AvgIpc) is 3.31. The van der Waals surface area contributed by atoms with Crippen molar-refractivity contribution in [3.05, 3.63) is 72.9 Å². The Kier molecular flexibility index (Phi) is 51.9. The highest BCUT2D eigenvalue weighted by molar-refractivity contribution is 5.71. The summed E-state index contributed by atoms with van der Waals surface area (Å²) >= 11 is 0. The minimum Gasteiger partial charge on any atom is -0.462 e. The molecule has 0 N–H and O–H groups in total. The molecule has 380 valence electrons. The Morgan fingerprint density at radius 3 is 0.924 bits per heavy atom. The summed E-state index contributed by atoms with van der Waals surface area (Å²) in [6.07, 6.45) is 68.9. The lowest BCUT2D eigenvalue weighted by Crippen LogP contribution is -2.30. The molecule has 0 aromatic heterocycles. The van der Waals surface area contributed by atoms with Crippen molar-refractivity contribution < 1.29 is 28.6 Å². The first-order valence-corrected chi connectivity index (χ1v) is 27.9. The van der Waals surface area contributed by atoms with E-state index < -0.39 is 6.10 Å². The van der Waals surface area contributed by atoms with E-state index in [1.165, 1.54) is 135 Å². The summed E-state index contributed by atoms with van der Waals surface area (Å²) in [4.78, 5) is 38.1. The fourth-order valence-corrected chi connectivity index (χ4v) is 7.80. The number of allylic oxidation sites excluding steroid dienone is 12. The fourth-order valence-electron chi connectivity index (χ4n) is 7.80. The molecule has 0 saturated carbocycles. The zero-order chi connectivity index (χ0) is 47.9. The molecule has 0 rings (SSSR count). The minimum absolute atomic E-state index is 0.0856. The van der Waals surface area contributed by atoms with E-state index in [0.717, 1.165) is 96.3 Å². The van der Waals surface area contributed by atoms with Crippen LogP contribution in [0.2, 0.25) is 0 Å². The van der Waals surface area contributed by atoms with Crippen LogP contribution in [0, 0.1) is 0 Å². The van der Waals surface area contributed by atoms with Crippen LogP contribution in [-0.2, 0) is 28.6 Å². The largest absolute Gasteiger partial charge is 0.462 e. The minimum atomic E-state index is -0.789. The SMILES string of the molecule is CC/C=C\C/C=C\C/C=C\C/C=C\C/C=C\C/C=C\CCCCC(=O)OCC(COC(=O)CCCCCCCCCCCCCCC)OC(=O)CCCCCCCCCCCCCCCC. The van der Waals surface area contributed by atoms with Gasteiger partial charge >= 0.3 is 17.9 Å². The third-order valence-corrected chi connectivity index (χ3v) is 12.0. The second-order valence-electron chi connectivity index (χ2n) is 18.5. The van der Waals surface area contributed by atoms with Crippen molar-refractivity contribution >= 4 is 17.9 Å². The van der Waals surface area contributed by atoms with Gasteiger partial charge in [-0.25, -0.2) is 0 Å². The van der Waals surface area contributed by atoms with Crippen molar-refractivity contribution in [1.82, 2.24) is 0 Å².